The van der Waals surface area contributed by atoms with Gasteiger partial charge in [0.1, 0.15) is 5.82 Å². The predicted molar refractivity (Wildman–Crippen MR) is 115 cm³/mol. The number of nitrogens with one attached hydrogen (secondary N) is 1. The molecule has 1 fully saturated rings. The van der Waals surface area contributed by atoms with Gasteiger partial charge in [-0.1, -0.05) is 30.0 Å². The monoisotopic (exact) mass is 426 g/mol. The van der Waals surface area contributed by atoms with Gasteiger partial charge in [0.25, 0.3) is 0 Å². The Bertz CT molecular complexity index is 987. The van der Waals surface area contributed by atoms with Gasteiger partial charge in [-0.25, -0.2) is 9.37 Å². The Morgan fingerprint density at radius 2 is 1.97 bits per heavy atom. The minimum absolute atomic E-state index is 0.116. The first-order valence-corrected chi connectivity index (χ1v) is 10.8. The van der Waals surface area contributed by atoms with E-state index in [2.05, 4.69) is 15.2 Å². The summed E-state index contributed by atoms with van der Waals surface area (Å²) in [5.74, 6) is -0.219. The number of aromatic nitrogens is 2. The van der Waals surface area contributed by atoms with E-state index in [1.165, 1.54) is 29.5 Å². The second-order valence-corrected chi connectivity index (χ2v) is 7.92. The standard InChI is InChI=1S/C22H23FN4O2S/c23-18-2-1-3-20(14-18)27-9-8-24-22(27)30-16-21(28)25-19-6-4-17(5-7-19)15-26-10-12-29-13-11-26/h1-9,14H,10-13,15-16H2,(H,25,28). The SMILES string of the molecule is O=C(CSc1nccn1-c1cccc(F)c1)Nc1ccc(CN2CCOCC2)cc1. The van der Waals surface area contributed by atoms with Gasteiger partial charge in [0.05, 0.1) is 24.7 Å². The number of thioether (sulfide) groups is 1. The lowest BCUT2D eigenvalue weighted by atomic mass is 10.2. The Morgan fingerprint density at radius 3 is 2.73 bits per heavy atom. The molecule has 8 heteroatoms. The second kappa shape index (κ2) is 9.88. The highest BCUT2D eigenvalue weighted by molar-refractivity contribution is 7.99. The molecule has 0 radical (unpaired) electrons. The molecular formula is C22H23FN4O2S. The molecule has 6 nitrogen and oxygen atoms in total. The van der Waals surface area contributed by atoms with E-state index in [1.807, 2.05) is 24.3 Å². The topological polar surface area (TPSA) is 59.4 Å². The lowest BCUT2D eigenvalue weighted by Gasteiger charge is -2.26. The molecule has 0 aliphatic carbocycles. The predicted octanol–water partition coefficient (Wildman–Crippen LogP) is 3.57. The van der Waals surface area contributed by atoms with Crippen LogP contribution >= 0.6 is 11.8 Å². The number of benzene rings is 2. The van der Waals surface area contributed by atoms with Crippen LogP contribution in [0.3, 0.4) is 0 Å². The van der Waals surface area contributed by atoms with Gasteiger partial charge in [-0.3, -0.25) is 14.3 Å². The molecule has 0 unspecified atom stereocenters. The number of carbonyl (C=O) groups excluding carboxylic acids is 1. The van der Waals surface area contributed by atoms with E-state index >= 15 is 0 Å². The summed E-state index contributed by atoms with van der Waals surface area (Å²) >= 11 is 1.31. The molecule has 1 aromatic heterocycles. The highest BCUT2D eigenvalue weighted by Crippen LogP contribution is 2.21. The molecule has 156 valence electrons. The molecule has 1 aliphatic rings. The lowest BCUT2D eigenvalue weighted by molar-refractivity contribution is -0.113. The first-order valence-electron chi connectivity index (χ1n) is 9.78. The molecule has 1 N–H and O–H groups in total. The van der Waals surface area contributed by atoms with Gasteiger partial charge in [-0.15, -0.1) is 0 Å². The van der Waals surface area contributed by atoms with Crippen molar-refractivity contribution in [1.82, 2.24) is 14.5 Å². The van der Waals surface area contributed by atoms with Crippen molar-refractivity contribution in [2.75, 3.05) is 37.4 Å². The number of hydrogen-bond acceptors (Lipinski definition) is 5. The Kier molecular flexibility index (Phi) is 6.78. The van der Waals surface area contributed by atoms with E-state index in [9.17, 15) is 9.18 Å². The van der Waals surface area contributed by atoms with Gasteiger partial charge in [-0.05, 0) is 35.9 Å². The number of hydrogen-bond donors (Lipinski definition) is 1. The summed E-state index contributed by atoms with van der Waals surface area (Å²) in [7, 11) is 0. The van der Waals surface area contributed by atoms with Crippen molar-refractivity contribution in [1.29, 1.82) is 0 Å². The van der Waals surface area contributed by atoms with E-state index in [0.717, 1.165) is 38.5 Å². The van der Waals surface area contributed by atoms with E-state index < -0.39 is 0 Å². The number of morpholine rings is 1. The van der Waals surface area contributed by atoms with Crippen molar-refractivity contribution in [2.24, 2.45) is 0 Å². The third kappa shape index (κ3) is 5.47. The van der Waals surface area contributed by atoms with Crippen LogP contribution in [0.1, 0.15) is 5.56 Å². The molecule has 30 heavy (non-hydrogen) atoms. The summed E-state index contributed by atoms with van der Waals surface area (Å²) in [6.45, 7) is 4.34. The summed E-state index contributed by atoms with van der Waals surface area (Å²) < 4.78 is 20.6. The molecule has 0 spiro atoms. The van der Waals surface area contributed by atoms with Crippen molar-refractivity contribution in [2.45, 2.75) is 11.7 Å². The van der Waals surface area contributed by atoms with Gasteiger partial charge in [0.2, 0.25) is 5.91 Å². The van der Waals surface area contributed by atoms with E-state index in [4.69, 9.17) is 4.74 Å². The lowest BCUT2D eigenvalue weighted by Crippen LogP contribution is -2.35. The third-order valence-electron chi connectivity index (χ3n) is 4.77. The molecule has 0 bridgehead atoms. The summed E-state index contributed by atoms with van der Waals surface area (Å²) in [5.41, 5.74) is 2.65. The van der Waals surface area contributed by atoms with Crippen LogP contribution in [-0.4, -0.2) is 52.4 Å². The summed E-state index contributed by atoms with van der Waals surface area (Å²) in [6, 6.07) is 14.2. The van der Waals surface area contributed by atoms with Gasteiger partial charge in [0, 0.05) is 37.7 Å². The fraction of sp³-hybridized carbons (Fsp3) is 0.273. The van der Waals surface area contributed by atoms with Gasteiger partial charge in [-0.2, -0.15) is 0 Å². The van der Waals surface area contributed by atoms with Crippen molar-refractivity contribution >= 4 is 23.4 Å². The Hall–Kier alpha value is -2.68. The average molecular weight is 427 g/mol. The number of amides is 1. The number of ether oxygens (including phenoxy) is 1. The number of halogens is 1. The molecule has 3 aromatic rings. The number of carbonyl (C=O) groups is 1. The van der Waals surface area contributed by atoms with Gasteiger partial charge >= 0.3 is 0 Å². The first-order chi connectivity index (χ1) is 14.7. The smallest absolute Gasteiger partial charge is 0.234 e. The average Bonchev–Trinajstić information content (AvgIpc) is 3.23. The maximum Gasteiger partial charge on any atom is 0.234 e. The highest BCUT2D eigenvalue weighted by Gasteiger charge is 2.12. The van der Waals surface area contributed by atoms with Crippen LogP contribution in [0.25, 0.3) is 5.69 Å². The van der Waals surface area contributed by atoms with Crippen molar-refractivity contribution in [3.8, 4) is 5.69 Å². The fourth-order valence-electron chi connectivity index (χ4n) is 3.26. The highest BCUT2D eigenvalue weighted by atomic mass is 32.2. The van der Waals surface area contributed by atoms with Crippen LogP contribution in [0.5, 0.6) is 0 Å². The number of imidazole rings is 1. The summed E-state index contributed by atoms with van der Waals surface area (Å²) in [5, 5.41) is 3.55. The molecule has 1 aliphatic heterocycles. The maximum atomic E-state index is 13.5. The zero-order valence-corrected chi connectivity index (χ0v) is 17.3. The Morgan fingerprint density at radius 1 is 1.17 bits per heavy atom. The van der Waals surface area contributed by atoms with Crippen molar-refractivity contribution in [3.05, 3.63) is 72.3 Å². The summed E-state index contributed by atoms with van der Waals surface area (Å²) in [6.07, 6.45) is 3.39. The Balaban J connectivity index is 1.30. The van der Waals surface area contributed by atoms with Crippen molar-refractivity contribution < 1.29 is 13.9 Å². The normalized spacial score (nSPS) is 14.6. The zero-order valence-electron chi connectivity index (χ0n) is 16.5. The quantitative estimate of drug-likeness (QED) is 0.586. The second-order valence-electron chi connectivity index (χ2n) is 6.98. The van der Waals surface area contributed by atoms with Crippen LogP contribution in [-0.2, 0) is 16.1 Å². The molecule has 1 saturated heterocycles. The molecule has 1 amide bonds. The van der Waals surface area contributed by atoms with Crippen molar-refractivity contribution in [3.63, 3.8) is 0 Å². The molecule has 4 rings (SSSR count). The fourth-order valence-corrected chi connectivity index (χ4v) is 4.03. The third-order valence-corrected chi connectivity index (χ3v) is 5.74. The van der Waals surface area contributed by atoms with E-state index in [-0.39, 0.29) is 17.5 Å². The van der Waals surface area contributed by atoms with E-state index in [0.29, 0.717) is 10.8 Å². The molecule has 0 atom stereocenters. The molecule has 2 heterocycles. The number of nitrogens with zero attached hydrogens (tertiary/aromatic N) is 3. The minimum Gasteiger partial charge on any atom is -0.379 e. The van der Waals surface area contributed by atoms with Gasteiger partial charge < -0.3 is 10.1 Å². The van der Waals surface area contributed by atoms with E-state index in [1.54, 1.807) is 29.1 Å². The largest absolute Gasteiger partial charge is 0.379 e. The number of anilines is 1. The van der Waals surface area contributed by atoms with Crippen LogP contribution in [0, 0.1) is 5.82 Å². The summed E-state index contributed by atoms with van der Waals surface area (Å²) in [4.78, 5) is 19.0. The van der Waals surface area contributed by atoms with Crippen LogP contribution < -0.4 is 5.32 Å². The Labute approximate surface area is 179 Å². The molecule has 0 saturated carbocycles. The minimum atomic E-state index is -0.313. The van der Waals surface area contributed by atoms with Crippen LogP contribution in [0.15, 0.2) is 66.1 Å². The molecule has 2 aromatic carbocycles. The maximum absolute atomic E-state index is 13.5. The van der Waals surface area contributed by atoms with Crippen LogP contribution in [0.4, 0.5) is 10.1 Å². The molecular weight excluding hydrogens is 403 g/mol. The number of rotatable bonds is 7. The van der Waals surface area contributed by atoms with Crippen LogP contribution in [0.2, 0.25) is 0 Å². The van der Waals surface area contributed by atoms with Gasteiger partial charge in [0.15, 0.2) is 5.16 Å². The first kappa shape index (κ1) is 20.6. The zero-order chi connectivity index (χ0) is 20.8.